The van der Waals surface area contributed by atoms with Gasteiger partial charge in [0.2, 0.25) is 0 Å². The Morgan fingerprint density at radius 3 is 2.73 bits per heavy atom. The molecule has 1 aliphatic rings. The van der Waals surface area contributed by atoms with Crippen molar-refractivity contribution in [2.45, 2.75) is 6.54 Å². The minimum Gasteiger partial charge on any atom is -0.507 e. The molecule has 33 heavy (non-hydrogen) atoms. The summed E-state index contributed by atoms with van der Waals surface area (Å²) in [5.41, 5.74) is 0.845. The van der Waals surface area contributed by atoms with E-state index in [1.165, 1.54) is 23.4 Å². The molecule has 0 atom stereocenters. The number of phenolic OH excluding ortho intramolecular Hbond substituents is 2. The number of hydrogen-bond acceptors (Lipinski definition) is 7. The van der Waals surface area contributed by atoms with E-state index < -0.39 is 0 Å². The van der Waals surface area contributed by atoms with Crippen molar-refractivity contribution < 1.29 is 19.4 Å². The highest BCUT2D eigenvalue weighted by molar-refractivity contribution is 9.11. The van der Waals surface area contributed by atoms with E-state index in [1.807, 2.05) is 0 Å². The largest absolute Gasteiger partial charge is 0.507 e. The quantitative estimate of drug-likeness (QED) is 0.198. The molecule has 4 rings (SSSR count). The lowest BCUT2D eigenvalue weighted by Gasteiger charge is -2.12. The van der Waals surface area contributed by atoms with Gasteiger partial charge in [-0.05, 0) is 76.2 Å². The molecule has 1 aliphatic heterocycles. The van der Waals surface area contributed by atoms with Crippen LogP contribution >= 0.6 is 55.2 Å². The van der Waals surface area contributed by atoms with Crippen molar-refractivity contribution in [2.24, 2.45) is 10.2 Å². The molecular formula is C22H14Br2ClN3O4S. The summed E-state index contributed by atoms with van der Waals surface area (Å²) in [5, 5.41) is 29.3. The van der Waals surface area contributed by atoms with Crippen LogP contribution in [0, 0.1) is 0 Å². The zero-order valence-electron chi connectivity index (χ0n) is 16.6. The number of carbonyl (C=O) groups is 1. The van der Waals surface area contributed by atoms with Crippen molar-refractivity contribution in [1.29, 1.82) is 0 Å². The van der Waals surface area contributed by atoms with Crippen LogP contribution in [0.5, 0.6) is 11.5 Å². The fourth-order valence-electron chi connectivity index (χ4n) is 2.89. The standard InChI is InChI=1S/C22H14Br2ClN3O4S/c23-14-6-12(20(30)17(24)9-14)8-19-21(31)28(11-16-2-1-5-32-16)22(33-19)27-26-10-13-7-15(25)3-4-18(13)29/h1-10,29-30H,11H2/b19-8-,26-10-,27-22+. The number of hydrogen-bond donors (Lipinski definition) is 2. The number of amidine groups is 1. The van der Waals surface area contributed by atoms with Crippen molar-refractivity contribution in [2.75, 3.05) is 0 Å². The smallest absolute Gasteiger partial charge is 0.267 e. The molecule has 0 saturated carbocycles. The number of halogens is 3. The average molecular weight is 612 g/mol. The Bertz CT molecular complexity index is 1310. The van der Waals surface area contributed by atoms with Crippen LogP contribution < -0.4 is 0 Å². The Morgan fingerprint density at radius 1 is 1.15 bits per heavy atom. The number of thioether (sulfide) groups is 1. The summed E-state index contributed by atoms with van der Waals surface area (Å²) < 4.78 is 6.61. The van der Waals surface area contributed by atoms with Crippen molar-refractivity contribution in [3.05, 3.63) is 84.5 Å². The maximum Gasteiger partial charge on any atom is 0.267 e. The van der Waals surface area contributed by atoms with Crippen LogP contribution in [0.1, 0.15) is 16.9 Å². The number of aromatic hydroxyl groups is 2. The zero-order valence-corrected chi connectivity index (χ0v) is 21.3. The molecule has 1 amide bonds. The number of rotatable bonds is 5. The van der Waals surface area contributed by atoms with Gasteiger partial charge in [0.1, 0.15) is 17.3 Å². The van der Waals surface area contributed by atoms with Crippen molar-refractivity contribution in [3.8, 4) is 11.5 Å². The van der Waals surface area contributed by atoms with E-state index in [4.69, 9.17) is 16.0 Å². The van der Waals surface area contributed by atoms with Crippen LogP contribution in [0.25, 0.3) is 6.08 Å². The Labute approximate surface area is 214 Å². The highest BCUT2D eigenvalue weighted by Gasteiger charge is 2.34. The van der Waals surface area contributed by atoms with Crippen LogP contribution in [0.3, 0.4) is 0 Å². The van der Waals surface area contributed by atoms with Crippen LogP contribution in [0.15, 0.2) is 77.2 Å². The molecular weight excluding hydrogens is 598 g/mol. The molecule has 1 aromatic heterocycles. The third-order valence-electron chi connectivity index (χ3n) is 4.46. The molecule has 0 radical (unpaired) electrons. The minimum absolute atomic E-state index is 0.00207. The lowest BCUT2D eigenvalue weighted by Crippen LogP contribution is -2.28. The Morgan fingerprint density at radius 2 is 1.97 bits per heavy atom. The van der Waals surface area contributed by atoms with Gasteiger partial charge < -0.3 is 14.6 Å². The van der Waals surface area contributed by atoms with Gasteiger partial charge in [-0.2, -0.15) is 5.10 Å². The highest BCUT2D eigenvalue weighted by atomic mass is 79.9. The maximum absolute atomic E-state index is 13.2. The fraction of sp³-hybridized carbons (Fsp3) is 0.0455. The molecule has 0 bridgehead atoms. The van der Waals surface area contributed by atoms with Gasteiger partial charge in [-0.25, -0.2) is 0 Å². The third-order valence-corrected chi connectivity index (χ3v) is 6.75. The Balaban J connectivity index is 1.68. The lowest BCUT2D eigenvalue weighted by molar-refractivity contribution is -0.122. The summed E-state index contributed by atoms with van der Waals surface area (Å²) in [5.74, 6) is 0.271. The van der Waals surface area contributed by atoms with Gasteiger partial charge in [-0.3, -0.25) is 9.69 Å². The first-order valence-corrected chi connectivity index (χ1v) is 12.1. The van der Waals surface area contributed by atoms with Crippen molar-refractivity contribution in [1.82, 2.24) is 4.90 Å². The molecule has 1 fully saturated rings. The number of nitrogens with zero attached hydrogens (tertiary/aromatic N) is 3. The second kappa shape index (κ2) is 10.2. The first-order valence-electron chi connectivity index (χ1n) is 9.33. The fourth-order valence-corrected chi connectivity index (χ4v) is 5.25. The third kappa shape index (κ3) is 5.52. The predicted molar refractivity (Wildman–Crippen MR) is 136 cm³/mol. The van der Waals surface area contributed by atoms with Crippen LogP contribution in [-0.4, -0.2) is 32.4 Å². The number of furan rings is 1. The zero-order chi connectivity index (χ0) is 23.5. The van der Waals surface area contributed by atoms with E-state index in [1.54, 1.807) is 42.5 Å². The topological polar surface area (TPSA) is 98.6 Å². The average Bonchev–Trinajstić information content (AvgIpc) is 3.38. The first kappa shape index (κ1) is 23.6. The number of carbonyl (C=O) groups excluding carboxylic acids is 1. The van der Waals surface area contributed by atoms with Gasteiger partial charge in [0.25, 0.3) is 5.91 Å². The molecule has 0 aliphatic carbocycles. The molecule has 2 N–H and O–H groups in total. The van der Waals surface area contributed by atoms with Gasteiger partial charge in [0.15, 0.2) is 5.17 Å². The summed E-state index contributed by atoms with van der Waals surface area (Å²) in [6.07, 6.45) is 4.46. The van der Waals surface area contributed by atoms with Crippen molar-refractivity contribution in [3.63, 3.8) is 0 Å². The van der Waals surface area contributed by atoms with Gasteiger partial charge >= 0.3 is 0 Å². The molecule has 11 heteroatoms. The Hall–Kier alpha value is -2.53. The summed E-state index contributed by atoms with van der Waals surface area (Å²) >= 11 is 13.8. The molecule has 3 aromatic rings. The number of benzene rings is 2. The summed E-state index contributed by atoms with van der Waals surface area (Å²) in [6.45, 7) is 0.154. The van der Waals surface area contributed by atoms with Gasteiger partial charge in [-0.15, -0.1) is 5.10 Å². The molecule has 1 saturated heterocycles. The van der Waals surface area contributed by atoms with Crippen LogP contribution in [-0.2, 0) is 11.3 Å². The maximum atomic E-state index is 13.2. The van der Waals surface area contributed by atoms with E-state index in [-0.39, 0.29) is 24.0 Å². The van der Waals surface area contributed by atoms with Gasteiger partial charge in [-0.1, -0.05) is 27.5 Å². The minimum atomic E-state index is -0.313. The first-order chi connectivity index (χ1) is 15.8. The highest BCUT2D eigenvalue weighted by Crippen LogP contribution is 2.38. The van der Waals surface area contributed by atoms with Gasteiger partial charge in [0, 0.05) is 20.6 Å². The molecule has 168 valence electrons. The van der Waals surface area contributed by atoms with Gasteiger partial charge in [0.05, 0.1) is 28.4 Å². The number of amides is 1. The van der Waals surface area contributed by atoms with Crippen molar-refractivity contribution >= 4 is 78.6 Å². The number of phenols is 2. The van der Waals surface area contributed by atoms with E-state index in [2.05, 4.69) is 42.1 Å². The normalized spacial score (nSPS) is 16.6. The Kier molecular flexibility index (Phi) is 7.28. The molecule has 0 spiro atoms. The predicted octanol–water partition coefficient (Wildman–Crippen LogP) is 6.38. The summed E-state index contributed by atoms with van der Waals surface area (Å²) in [7, 11) is 0. The monoisotopic (exact) mass is 609 g/mol. The molecule has 2 aromatic carbocycles. The van der Waals surface area contributed by atoms with E-state index in [0.717, 1.165) is 16.2 Å². The second-order valence-corrected chi connectivity index (χ2v) is 9.95. The van der Waals surface area contributed by atoms with E-state index in [9.17, 15) is 15.0 Å². The molecule has 7 nitrogen and oxygen atoms in total. The van der Waals surface area contributed by atoms with Crippen LogP contribution in [0.4, 0.5) is 0 Å². The van der Waals surface area contributed by atoms with E-state index >= 15 is 0 Å². The van der Waals surface area contributed by atoms with Crippen LogP contribution in [0.2, 0.25) is 5.02 Å². The molecule has 0 unspecified atom stereocenters. The lowest BCUT2D eigenvalue weighted by atomic mass is 10.2. The second-order valence-electron chi connectivity index (χ2n) is 6.74. The molecule has 2 heterocycles. The SMILES string of the molecule is O=C1/C(=C/c2cc(Br)cc(Br)c2O)S/C(=N/N=C\c2cc(Cl)ccc2O)N1Cc1ccco1. The summed E-state index contributed by atoms with van der Waals surface area (Å²) in [6, 6.07) is 11.5. The van der Waals surface area contributed by atoms with E-state index in [0.29, 0.717) is 36.5 Å². The summed E-state index contributed by atoms with van der Waals surface area (Å²) in [4.78, 5) is 14.9.